The van der Waals surface area contributed by atoms with Gasteiger partial charge in [0.25, 0.3) is 0 Å². The van der Waals surface area contributed by atoms with Gasteiger partial charge in [0.2, 0.25) is 0 Å². The van der Waals surface area contributed by atoms with Gasteiger partial charge in [0, 0.05) is 12.0 Å². The molecule has 4 atom stereocenters. The van der Waals surface area contributed by atoms with Gasteiger partial charge >= 0.3 is 0 Å². The van der Waals surface area contributed by atoms with Gasteiger partial charge in [0.15, 0.2) is 0 Å². The maximum Gasteiger partial charge on any atom is 0.0673 e. The Labute approximate surface area is 85.6 Å². The molecule has 0 aromatic carbocycles. The lowest BCUT2D eigenvalue weighted by molar-refractivity contribution is -0.0286. The molecule has 3 heteroatoms. The van der Waals surface area contributed by atoms with Crippen LogP contribution in [-0.4, -0.2) is 30.0 Å². The molecular weight excluding hydrogens is 178 g/mol. The van der Waals surface area contributed by atoms with E-state index in [9.17, 15) is 5.11 Å². The lowest BCUT2D eigenvalue weighted by Crippen LogP contribution is -2.48. The van der Waals surface area contributed by atoms with Crippen LogP contribution in [0.5, 0.6) is 0 Å². The Bertz CT molecular complexity index is 209. The molecule has 14 heavy (non-hydrogen) atoms. The van der Waals surface area contributed by atoms with E-state index >= 15 is 0 Å². The molecule has 2 saturated heterocycles. The summed E-state index contributed by atoms with van der Waals surface area (Å²) in [6, 6.07) is 0. The number of aliphatic hydroxyl groups excluding tert-OH is 1. The van der Waals surface area contributed by atoms with E-state index in [0.717, 1.165) is 32.1 Å². The lowest BCUT2D eigenvalue weighted by Gasteiger charge is -2.38. The fraction of sp³-hybridized carbons (Fsp3) is 1.00. The van der Waals surface area contributed by atoms with Crippen molar-refractivity contribution >= 4 is 0 Å². The van der Waals surface area contributed by atoms with E-state index in [1.165, 1.54) is 0 Å². The van der Waals surface area contributed by atoms with Crippen molar-refractivity contribution in [1.29, 1.82) is 0 Å². The first-order valence-electron chi connectivity index (χ1n) is 5.76. The number of hydrogen-bond donors (Lipinski definition) is 2. The lowest BCUT2D eigenvalue weighted by atomic mass is 9.69. The molecule has 0 aliphatic carbocycles. The summed E-state index contributed by atoms with van der Waals surface area (Å²) in [6.07, 6.45) is 5.40. The van der Waals surface area contributed by atoms with Gasteiger partial charge in [-0.15, -0.1) is 0 Å². The maximum atomic E-state index is 10.2. The van der Waals surface area contributed by atoms with Crippen molar-refractivity contribution < 1.29 is 9.84 Å². The molecule has 2 rings (SSSR count). The number of hydrogen-bond acceptors (Lipinski definition) is 3. The molecule has 3 nitrogen and oxygen atoms in total. The van der Waals surface area contributed by atoms with Crippen molar-refractivity contribution in [1.82, 2.24) is 0 Å². The summed E-state index contributed by atoms with van der Waals surface area (Å²) in [7, 11) is 0. The molecule has 2 heterocycles. The van der Waals surface area contributed by atoms with Gasteiger partial charge in [-0.05, 0) is 25.7 Å². The zero-order valence-corrected chi connectivity index (χ0v) is 8.91. The SMILES string of the molecule is CCCC(O)C1(CN)CC2CCC1O2. The molecule has 0 spiro atoms. The van der Waals surface area contributed by atoms with Gasteiger partial charge in [-0.3, -0.25) is 0 Å². The van der Waals surface area contributed by atoms with E-state index in [-0.39, 0.29) is 17.6 Å². The van der Waals surface area contributed by atoms with Crippen molar-refractivity contribution in [2.75, 3.05) is 6.54 Å². The molecule has 2 fully saturated rings. The first-order chi connectivity index (χ1) is 6.73. The molecule has 0 saturated carbocycles. The van der Waals surface area contributed by atoms with Crippen LogP contribution in [0.2, 0.25) is 0 Å². The molecule has 2 aliphatic heterocycles. The third-order valence-electron chi connectivity index (χ3n) is 3.96. The van der Waals surface area contributed by atoms with Gasteiger partial charge < -0.3 is 15.6 Å². The highest BCUT2D eigenvalue weighted by molar-refractivity contribution is 5.04. The summed E-state index contributed by atoms with van der Waals surface area (Å²) in [4.78, 5) is 0. The zero-order valence-electron chi connectivity index (χ0n) is 8.91. The predicted molar refractivity (Wildman–Crippen MR) is 54.9 cm³/mol. The number of ether oxygens (including phenoxy) is 1. The van der Waals surface area contributed by atoms with E-state index < -0.39 is 0 Å². The van der Waals surface area contributed by atoms with E-state index in [1.54, 1.807) is 0 Å². The summed E-state index contributed by atoms with van der Waals surface area (Å²) in [5.41, 5.74) is 5.72. The van der Waals surface area contributed by atoms with E-state index in [2.05, 4.69) is 6.92 Å². The Morgan fingerprint density at radius 2 is 2.36 bits per heavy atom. The highest BCUT2D eigenvalue weighted by Gasteiger charge is 2.54. The van der Waals surface area contributed by atoms with Crippen molar-refractivity contribution in [2.24, 2.45) is 11.1 Å². The van der Waals surface area contributed by atoms with Gasteiger partial charge in [0.05, 0.1) is 18.3 Å². The second-order valence-corrected chi connectivity index (χ2v) is 4.77. The third kappa shape index (κ3) is 1.38. The number of aliphatic hydroxyl groups is 1. The van der Waals surface area contributed by atoms with Crippen LogP contribution >= 0.6 is 0 Å². The normalized spacial score (nSPS) is 43.1. The smallest absolute Gasteiger partial charge is 0.0673 e. The number of rotatable bonds is 4. The fourth-order valence-corrected chi connectivity index (χ4v) is 3.10. The molecule has 3 N–H and O–H groups in total. The molecule has 2 bridgehead atoms. The van der Waals surface area contributed by atoms with Crippen LogP contribution in [0.1, 0.15) is 39.0 Å². The minimum Gasteiger partial charge on any atom is -0.392 e. The van der Waals surface area contributed by atoms with Crippen LogP contribution in [0.4, 0.5) is 0 Å². The number of fused-ring (bicyclic) bond motifs is 2. The maximum absolute atomic E-state index is 10.2. The molecular formula is C11H21NO2. The Balaban J connectivity index is 2.10. The monoisotopic (exact) mass is 199 g/mol. The first-order valence-corrected chi connectivity index (χ1v) is 5.76. The fourth-order valence-electron chi connectivity index (χ4n) is 3.10. The summed E-state index contributed by atoms with van der Waals surface area (Å²) in [6.45, 7) is 2.66. The van der Waals surface area contributed by atoms with E-state index in [1.807, 2.05) is 0 Å². The van der Waals surface area contributed by atoms with Crippen LogP contribution < -0.4 is 5.73 Å². The summed E-state index contributed by atoms with van der Waals surface area (Å²) in [5, 5.41) is 10.2. The Hall–Kier alpha value is -0.120. The summed E-state index contributed by atoms with van der Waals surface area (Å²) >= 11 is 0. The Morgan fingerprint density at radius 3 is 2.79 bits per heavy atom. The van der Waals surface area contributed by atoms with E-state index in [4.69, 9.17) is 10.5 Å². The Kier molecular flexibility index (Phi) is 2.82. The van der Waals surface area contributed by atoms with Crippen molar-refractivity contribution in [3.63, 3.8) is 0 Å². The largest absolute Gasteiger partial charge is 0.392 e. The van der Waals surface area contributed by atoms with Crippen LogP contribution in [0.3, 0.4) is 0 Å². The first kappa shape index (κ1) is 10.4. The standard InChI is InChI=1S/C11H21NO2/c1-2-3-9(13)11(7-12)6-8-4-5-10(11)14-8/h8-10,13H,2-7,12H2,1H3. The summed E-state index contributed by atoms with van der Waals surface area (Å²) < 4.78 is 5.81. The van der Waals surface area contributed by atoms with Crippen LogP contribution in [0, 0.1) is 5.41 Å². The zero-order chi connectivity index (χ0) is 10.2. The minimum atomic E-state index is -0.271. The van der Waals surface area contributed by atoms with Crippen LogP contribution in [-0.2, 0) is 4.74 Å². The predicted octanol–water partition coefficient (Wildman–Crippen LogP) is 1.04. The average molecular weight is 199 g/mol. The second-order valence-electron chi connectivity index (χ2n) is 4.77. The van der Waals surface area contributed by atoms with E-state index in [0.29, 0.717) is 12.6 Å². The molecule has 2 aliphatic rings. The van der Waals surface area contributed by atoms with Crippen molar-refractivity contribution in [3.05, 3.63) is 0 Å². The van der Waals surface area contributed by atoms with Crippen LogP contribution in [0.25, 0.3) is 0 Å². The Morgan fingerprint density at radius 1 is 1.57 bits per heavy atom. The molecule has 0 aromatic heterocycles. The van der Waals surface area contributed by atoms with Crippen molar-refractivity contribution in [3.8, 4) is 0 Å². The highest BCUT2D eigenvalue weighted by Crippen LogP contribution is 2.49. The average Bonchev–Trinajstić information content (AvgIpc) is 2.77. The van der Waals surface area contributed by atoms with Gasteiger partial charge in [-0.25, -0.2) is 0 Å². The van der Waals surface area contributed by atoms with Crippen LogP contribution in [0.15, 0.2) is 0 Å². The summed E-state index contributed by atoms with van der Waals surface area (Å²) in [5.74, 6) is 0. The quantitative estimate of drug-likeness (QED) is 0.711. The molecule has 0 aromatic rings. The molecule has 0 amide bonds. The highest BCUT2D eigenvalue weighted by atomic mass is 16.5. The molecule has 0 radical (unpaired) electrons. The molecule has 82 valence electrons. The second kappa shape index (κ2) is 3.80. The van der Waals surface area contributed by atoms with Gasteiger partial charge in [-0.2, -0.15) is 0 Å². The molecule has 4 unspecified atom stereocenters. The van der Waals surface area contributed by atoms with Gasteiger partial charge in [-0.1, -0.05) is 13.3 Å². The topological polar surface area (TPSA) is 55.5 Å². The van der Waals surface area contributed by atoms with Crippen molar-refractivity contribution in [2.45, 2.75) is 57.3 Å². The van der Waals surface area contributed by atoms with Gasteiger partial charge in [0.1, 0.15) is 0 Å². The third-order valence-corrected chi connectivity index (χ3v) is 3.96. The minimum absolute atomic E-state index is 0.126. The number of nitrogens with two attached hydrogens (primary N) is 1.